The summed E-state index contributed by atoms with van der Waals surface area (Å²) >= 11 is 7.83. The first kappa shape index (κ1) is 26.9. The van der Waals surface area contributed by atoms with E-state index in [1.165, 1.54) is 5.56 Å². The van der Waals surface area contributed by atoms with Crippen molar-refractivity contribution in [2.75, 3.05) is 0 Å². The Hall–Kier alpha value is -1.74. The van der Waals surface area contributed by atoms with E-state index in [2.05, 4.69) is 90.1 Å². The summed E-state index contributed by atoms with van der Waals surface area (Å²) in [5.41, 5.74) is 0.694. The molecule has 2 nitrogen and oxygen atoms in total. The Labute approximate surface area is 215 Å². The molecular formula is C29H37O2PS2. The minimum atomic E-state index is -2.79. The molecule has 3 aromatic rings. The van der Waals surface area contributed by atoms with Crippen LogP contribution in [0.2, 0.25) is 0 Å². The lowest BCUT2D eigenvalue weighted by atomic mass is 9.82. The molecule has 0 saturated carbocycles. The molecule has 0 fully saturated rings. The molecule has 0 amide bonds. The summed E-state index contributed by atoms with van der Waals surface area (Å²) in [6.45, 7) is 13.4. The van der Waals surface area contributed by atoms with Crippen molar-refractivity contribution in [3.63, 3.8) is 0 Å². The molecule has 0 spiro atoms. The Kier molecular flexibility index (Phi) is 8.95. The summed E-state index contributed by atoms with van der Waals surface area (Å²) in [7, 11) is 0. The third kappa shape index (κ3) is 6.68. The van der Waals surface area contributed by atoms with E-state index >= 15 is 0 Å². The molecule has 0 N–H and O–H groups in total. The Bertz CT molecular complexity index is 1060. The third-order valence-electron chi connectivity index (χ3n) is 6.65. The van der Waals surface area contributed by atoms with E-state index in [1.807, 2.05) is 30.3 Å². The van der Waals surface area contributed by atoms with Crippen LogP contribution in [0.4, 0.5) is 0 Å². The molecule has 0 saturated heterocycles. The molecule has 0 aromatic heterocycles. The van der Waals surface area contributed by atoms with Gasteiger partial charge in [0.15, 0.2) is 0 Å². The summed E-state index contributed by atoms with van der Waals surface area (Å²) in [6, 6.07) is 26.9. The van der Waals surface area contributed by atoms with Crippen molar-refractivity contribution in [2.24, 2.45) is 0 Å². The monoisotopic (exact) mass is 512 g/mol. The molecule has 182 valence electrons. The highest BCUT2D eigenvalue weighted by molar-refractivity contribution is 8.67. The van der Waals surface area contributed by atoms with Crippen molar-refractivity contribution in [3.05, 3.63) is 95.6 Å². The van der Waals surface area contributed by atoms with Gasteiger partial charge in [-0.3, -0.25) is 0 Å². The van der Waals surface area contributed by atoms with Gasteiger partial charge in [0.2, 0.25) is 0 Å². The zero-order chi connectivity index (χ0) is 24.8. The molecule has 0 unspecified atom stereocenters. The van der Waals surface area contributed by atoms with E-state index in [0.717, 1.165) is 41.2 Å². The van der Waals surface area contributed by atoms with E-state index in [-0.39, 0.29) is 10.8 Å². The van der Waals surface area contributed by atoms with Gasteiger partial charge >= 0.3 is 5.69 Å². The zero-order valence-electron chi connectivity index (χ0n) is 21.2. The predicted octanol–water partition coefficient (Wildman–Crippen LogP) is 9.68. The SMILES string of the molecule is CCC(C)(C)c1ccccc1OP(=S)(Oc1ccccc1C(C)(C)CC)SCc1ccccc1. The highest BCUT2D eigenvalue weighted by atomic mass is 32.9. The third-order valence-corrected chi connectivity index (χ3v) is 11.5. The van der Waals surface area contributed by atoms with Gasteiger partial charge in [0.05, 0.1) is 0 Å². The minimum Gasteiger partial charge on any atom is -0.428 e. The van der Waals surface area contributed by atoms with E-state index in [4.69, 9.17) is 20.9 Å². The van der Waals surface area contributed by atoms with Crippen molar-refractivity contribution in [2.45, 2.75) is 71.0 Å². The molecule has 3 aromatic carbocycles. The van der Waals surface area contributed by atoms with Gasteiger partial charge in [-0.2, -0.15) is 0 Å². The van der Waals surface area contributed by atoms with E-state index in [9.17, 15) is 0 Å². The smallest absolute Gasteiger partial charge is 0.348 e. The van der Waals surface area contributed by atoms with Gasteiger partial charge < -0.3 is 9.05 Å². The molecule has 0 bridgehead atoms. The van der Waals surface area contributed by atoms with Gasteiger partial charge in [0, 0.05) is 16.9 Å². The Morgan fingerprint density at radius 2 is 1.09 bits per heavy atom. The number of hydrogen-bond acceptors (Lipinski definition) is 4. The zero-order valence-corrected chi connectivity index (χ0v) is 23.7. The second-order valence-corrected chi connectivity index (χ2v) is 16.0. The van der Waals surface area contributed by atoms with Crippen LogP contribution in [0.15, 0.2) is 78.9 Å². The van der Waals surface area contributed by atoms with Crippen molar-refractivity contribution in [1.82, 2.24) is 0 Å². The topological polar surface area (TPSA) is 18.5 Å². The van der Waals surface area contributed by atoms with E-state index in [0.29, 0.717) is 0 Å². The maximum Gasteiger partial charge on any atom is 0.348 e. The summed E-state index contributed by atoms with van der Waals surface area (Å²) in [6.07, 6.45) is 2.00. The molecular weight excluding hydrogens is 475 g/mol. The quantitative estimate of drug-likeness (QED) is 0.238. The van der Waals surface area contributed by atoms with Gasteiger partial charge in [-0.25, -0.2) is 0 Å². The van der Waals surface area contributed by atoms with Crippen molar-refractivity contribution in [3.8, 4) is 11.5 Å². The lowest BCUT2D eigenvalue weighted by Gasteiger charge is -2.31. The van der Waals surface area contributed by atoms with Gasteiger partial charge in [0.25, 0.3) is 0 Å². The van der Waals surface area contributed by atoms with Crippen LogP contribution in [-0.2, 0) is 28.4 Å². The summed E-state index contributed by atoms with van der Waals surface area (Å²) in [4.78, 5) is 0. The minimum absolute atomic E-state index is 0.0248. The highest BCUT2D eigenvalue weighted by Gasteiger charge is 2.31. The molecule has 5 heteroatoms. The second-order valence-electron chi connectivity index (χ2n) is 9.86. The van der Waals surface area contributed by atoms with E-state index < -0.39 is 5.69 Å². The number of para-hydroxylation sites is 2. The second kappa shape index (κ2) is 11.3. The fourth-order valence-corrected chi connectivity index (χ4v) is 7.75. The predicted molar refractivity (Wildman–Crippen MR) is 153 cm³/mol. The first-order chi connectivity index (χ1) is 16.1. The standard InChI is InChI=1S/C29H37O2PS2/c1-7-28(3,4)24-18-12-14-20-26(24)30-32(33,34-22-23-16-10-9-11-17-23)31-27-21-15-13-19-25(27)29(5,6)8-2/h9-21H,7-8,22H2,1-6H3. The normalized spacial score (nSPS) is 12.4. The first-order valence-corrected chi connectivity index (χ1v) is 16.2. The van der Waals surface area contributed by atoms with Crippen LogP contribution in [0.25, 0.3) is 0 Å². The van der Waals surface area contributed by atoms with Crippen LogP contribution < -0.4 is 9.05 Å². The molecule has 0 aliphatic carbocycles. The average Bonchev–Trinajstić information content (AvgIpc) is 2.84. The average molecular weight is 513 g/mol. The molecule has 0 aliphatic rings. The van der Waals surface area contributed by atoms with Crippen LogP contribution in [0, 0.1) is 0 Å². The van der Waals surface area contributed by atoms with Crippen molar-refractivity contribution < 1.29 is 9.05 Å². The van der Waals surface area contributed by atoms with Crippen LogP contribution in [0.3, 0.4) is 0 Å². The largest absolute Gasteiger partial charge is 0.428 e. The maximum absolute atomic E-state index is 6.71. The maximum atomic E-state index is 6.71. The molecule has 34 heavy (non-hydrogen) atoms. The van der Waals surface area contributed by atoms with Gasteiger partial charge in [-0.15, -0.1) is 0 Å². The fraction of sp³-hybridized carbons (Fsp3) is 0.379. The summed E-state index contributed by atoms with van der Waals surface area (Å²) in [5, 5.41) is 0. The van der Waals surface area contributed by atoms with Crippen molar-refractivity contribution in [1.29, 1.82) is 0 Å². The van der Waals surface area contributed by atoms with Crippen LogP contribution in [0.5, 0.6) is 11.5 Å². The van der Waals surface area contributed by atoms with Crippen LogP contribution in [0.1, 0.15) is 71.1 Å². The Morgan fingerprint density at radius 1 is 0.676 bits per heavy atom. The lowest BCUT2D eigenvalue weighted by Crippen LogP contribution is -2.18. The molecule has 3 rings (SSSR count). The molecule has 0 heterocycles. The highest BCUT2D eigenvalue weighted by Crippen LogP contribution is 2.62. The molecule has 0 atom stereocenters. The fourth-order valence-electron chi connectivity index (χ4n) is 3.63. The van der Waals surface area contributed by atoms with Crippen LogP contribution >= 0.6 is 17.1 Å². The van der Waals surface area contributed by atoms with Gasteiger partial charge in [-0.05, 0) is 64.6 Å². The van der Waals surface area contributed by atoms with Gasteiger partial charge in [-0.1, -0.05) is 108 Å². The Balaban J connectivity index is 2.01. The lowest BCUT2D eigenvalue weighted by molar-refractivity contribution is 0.447. The van der Waals surface area contributed by atoms with Gasteiger partial charge in [0.1, 0.15) is 11.5 Å². The van der Waals surface area contributed by atoms with E-state index in [1.54, 1.807) is 11.4 Å². The number of rotatable bonds is 11. The Morgan fingerprint density at radius 3 is 1.53 bits per heavy atom. The number of hydrogen-bond donors (Lipinski definition) is 0. The summed E-state index contributed by atoms with van der Waals surface area (Å²) < 4.78 is 13.4. The first-order valence-electron chi connectivity index (χ1n) is 12.0. The van der Waals surface area contributed by atoms with Crippen LogP contribution in [-0.4, -0.2) is 0 Å². The summed E-state index contributed by atoms with van der Waals surface area (Å²) in [5.74, 6) is 2.38. The number of benzene rings is 3. The molecule has 0 radical (unpaired) electrons. The van der Waals surface area contributed by atoms with Crippen molar-refractivity contribution >= 4 is 28.9 Å². The molecule has 0 aliphatic heterocycles.